The van der Waals surface area contributed by atoms with Gasteiger partial charge in [-0.1, -0.05) is 0 Å². The van der Waals surface area contributed by atoms with Crippen LogP contribution in [-0.2, 0) is 14.3 Å². The van der Waals surface area contributed by atoms with E-state index in [1.54, 1.807) is 19.1 Å². The van der Waals surface area contributed by atoms with E-state index < -0.39 is 11.9 Å². The summed E-state index contributed by atoms with van der Waals surface area (Å²) in [6.07, 6.45) is 0. The maximum Gasteiger partial charge on any atom is 0.397 e. The molecule has 0 fully saturated rings. The van der Waals surface area contributed by atoms with Gasteiger partial charge in [0.15, 0.2) is 0 Å². The zero-order chi connectivity index (χ0) is 11.3. The fourth-order valence-electron chi connectivity index (χ4n) is 0.912. The van der Waals surface area contributed by atoms with E-state index in [0.717, 1.165) is 3.57 Å². The van der Waals surface area contributed by atoms with Crippen molar-refractivity contribution < 1.29 is 14.3 Å². The number of hydrogen-bond donors (Lipinski definition) is 1. The third-order valence-electron chi connectivity index (χ3n) is 1.56. The maximum absolute atomic E-state index is 11.2. The van der Waals surface area contributed by atoms with Crippen molar-refractivity contribution in [1.29, 1.82) is 0 Å². The van der Waals surface area contributed by atoms with Crippen LogP contribution in [0.1, 0.15) is 6.92 Å². The lowest BCUT2D eigenvalue weighted by Gasteiger charge is -2.04. The molecule has 5 heteroatoms. The van der Waals surface area contributed by atoms with Gasteiger partial charge in [0.25, 0.3) is 0 Å². The Morgan fingerprint density at radius 1 is 1.33 bits per heavy atom. The van der Waals surface area contributed by atoms with Crippen LogP contribution in [0.15, 0.2) is 24.3 Å². The molecule has 4 nitrogen and oxygen atoms in total. The Morgan fingerprint density at radius 2 is 1.93 bits per heavy atom. The molecule has 0 saturated heterocycles. The molecule has 0 aliphatic carbocycles. The van der Waals surface area contributed by atoms with Crippen LogP contribution in [0.2, 0.25) is 0 Å². The van der Waals surface area contributed by atoms with Crippen molar-refractivity contribution in [3.05, 3.63) is 27.8 Å². The minimum atomic E-state index is -0.865. The highest BCUT2D eigenvalue weighted by Crippen LogP contribution is 2.10. The SMILES string of the molecule is CCOC(=O)C(=O)Nc1ccc(I)cc1. The van der Waals surface area contributed by atoms with Gasteiger partial charge in [-0.15, -0.1) is 0 Å². The molecular weight excluding hydrogens is 309 g/mol. The van der Waals surface area contributed by atoms with E-state index in [0.29, 0.717) is 5.69 Å². The van der Waals surface area contributed by atoms with Crippen LogP contribution in [-0.4, -0.2) is 18.5 Å². The number of hydrogen-bond acceptors (Lipinski definition) is 3. The predicted molar refractivity (Wildman–Crippen MR) is 64.4 cm³/mol. The molecule has 15 heavy (non-hydrogen) atoms. The van der Waals surface area contributed by atoms with Gasteiger partial charge in [-0.25, -0.2) is 4.79 Å². The fourth-order valence-corrected chi connectivity index (χ4v) is 1.27. The summed E-state index contributed by atoms with van der Waals surface area (Å²) < 4.78 is 5.60. The fraction of sp³-hybridized carbons (Fsp3) is 0.200. The van der Waals surface area contributed by atoms with Crippen LogP contribution in [0, 0.1) is 3.57 Å². The molecule has 0 radical (unpaired) electrons. The molecular formula is C10H10INO3. The second-order valence-electron chi connectivity index (χ2n) is 2.68. The standard InChI is InChI=1S/C10H10INO3/c1-2-15-10(14)9(13)12-8-5-3-7(11)4-6-8/h3-6H,2H2,1H3,(H,12,13). The molecule has 0 aliphatic heterocycles. The summed E-state index contributed by atoms with van der Waals surface area (Å²) in [6.45, 7) is 1.84. The number of rotatable bonds is 2. The van der Waals surface area contributed by atoms with Crippen molar-refractivity contribution in [1.82, 2.24) is 0 Å². The first-order valence-electron chi connectivity index (χ1n) is 4.37. The predicted octanol–water partition coefficient (Wildman–Crippen LogP) is 1.79. The Kier molecular flexibility index (Phi) is 4.54. The van der Waals surface area contributed by atoms with E-state index in [-0.39, 0.29) is 6.61 Å². The number of benzene rings is 1. The molecule has 80 valence electrons. The first kappa shape index (κ1) is 12.0. The number of halogens is 1. The van der Waals surface area contributed by atoms with Crippen molar-refractivity contribution in [2.75, 3.05) is 11.9 Å². The second kappa shape index (κ2) is 5.69. The molecule has 1 rings (SSSR count). The quantitative estimate of drug-likeness (QED) is 0.514. The van der Waals surface area contributed by atoms with Crippen molar-refractivity contribution in [3.63, 3.8) is 0 Å². The normalized spacial score (nSPS) is 9.47. The highest BCUT2D eigenvalue weighted by Gasteiger charge is 2.14. The number of amides is 1. The van der Waals surface area contributed by atoms with Gasteiger partial charge in [-0.3, -0.25) is 4.79 Å². The first-order chi connectivity index (χ1) is 7.13. The molecule has 0 atom stereocenters. The Labute approximate surface area is 101 Å². The third-order valence-corrected chi connectivity index (χ3v) is 2.28. The summed E-state index contributed by atoms with van der Waals surface area (Å²) >= 11 is 2.15. The van der Waals surface area contributed by atoms with E-state index in [1.807, 2.05) is 12.1 Å². The summed E-state index contributed by atoms with van der Waals surface area (Å²) in [5.41, 5.74) is 0.577. The van der Waals surface area contributed by atoms with Gasteiger partial charge >= 0.3 is 11.9 Å². The minimum absolute atomic E-state index is 0.193. The van der Waals surface area contributed by atoms with Gasteiger partial charge in [0.1, 0.15) is 0 Å². The van der Waals surface area contributed by atoms with Crippen LogP contribution in [0.3, 0.4) is 0 Å². The van der Waals surface area contributed by atoms with Gasteiger partial charge < -0.3 is 10.1 Å². The average molecular weight is 319 g/mol. The molecule has 0 saturated carbocycles. The van der Waals surface area contributed by atoms with Crippen molar-refractivity contribution >= 4 is 40.2 Å². The van der Waals surface area contributed by atoms with E-state index in [2.05, 4.69) is 32.6 Å². The Bertz CT molecular complexity index is 361. The lowest BCUT2D eigenvalue weighted by molar-refractivity contribution is -0.152. The number of nitrogens with one attached hydrogen (secondary N) is 1. The summed E-state index contributed by atoms with van der Waals surface area (Å²) in [5.74, 6) is -1.62. The van der Waals surface area contributed by atoms with Crippen LogP contribution >= 0.6 is 22.6 Å². The minimum Gasteiger partial charge on any atom is -0.459 e. The van der Waals surface area contributed by atoms with Crippen molar-refractivity contribution in [3.8, 4) is 0 Å². The van der Waals surface area contributed by atoms with E-state index in [9.17, 15) is 9.59 Å². The number of ether oxygens (including phenoxy) is 1. The van der Waals surface area contributed by atoms with Crippen LogP contribution in [0.25, 0.3) is 0 Å². The molecule has 0 spiro atoms. The smallest absolute Gasteiger partial charge is 0.397 e. The Morgan fingerprint density at radius 3 is 2.47 bits per heavy atom. The number of carbonyl (C=O) groups is 2. The highest BCUT2D eigenvalue weighted by molar-refractivity contribution is 14.1. The molecule has 0 unspecified atom stereocenters. The molecule has 0 aliphatic rings. The molecule has 0 aromatic heterocycles. The maximum atomic E-state index is 11.2. The zero-order valence-corrected chi connectivity index (χ0v) is 10.3. The first-order valence-corrected chi connectivity index (χ1v) is 5.45. The largest absolute Gasteiger partial charge is 0.459 e. The third kappa shape index (κ3) is 3.86. The summed E-state index contributed by atoms with van der Waals surface area (Å²) in [5, 5.41) is 2.44. The van der Waals surface area contributed by atoms with Crippen LogP contribution in [0.5, 0.6) is 0 Å². The van der Waals surface area contributed by atoms with Gasteiger partial charge in [0.05, 0.1) is 6.61 Å². The number of carbonyl (C=O) groups excluding carboxylic acids is 2. The van der Waals surface area contributed by atoms with Crippen molar-refractivity contribution in [2.24, 2.45) is 0 Å². The zero-order valence-electron chi connectivity index (χ0n) is 8.12. The lowest BCUT2D eigenvalue weighted by Crippen LogP contribution is -2.24. The van der Waals surface area contributed by atoms with E-state index in [1.165, 1.54) is 0 Å². The second-order valence-corrected chi connectivity index (χ2v) is 3.93. The van der Waals surface area contributed by atoms with Gasteiger partial charge in [-0.05, 0) is 53.8 Å². The number of esters is 1. The molecule has 0 heterocycles. The van der Waals surface area contributed by atoms with Crippen molar-refractivity contribution in [2.45, 2.75) is 6.92 Å². The summed E-state index contributed by atoms with van der Waals surface area (Å²) in [7, 11) is 0. The molecule has 1 N–H and O–H groups in total. The van der Waals surface area contributed by atoms with Gasteiger partial charge in [0.2, 0.25) is 0 Å². The molecule has 1 aromatic carbocycles. The highest BCUT2D eigenvalue weighted by atomic mass is 127. The Balaban J connectivity index is 2.58. The number of anilines is 1. The molecule has 1 aromatic rings. The van der Waals surface area contributed by atoms with Crippen LogP contribution < -0.4 is 5.32 Å². The topological polar surface area (TPSA) is 55.4 Å². The van der Waals surface area contributed by atoms with Gasteiger partial charge in [-0.2, -0.15) is 0 Å². The monoisotopic (exact) mass is 319 g/mol. The average Bonchev–Trinajstić information content (AvgIpc) is 2.22. The van der Waals surface area contributed by atoms with E-state index in [4.69, 9.17) is 0 Å². The Hall–Kier alpha value is -1.11. The summed E-state index contributed by atoms with van der Waals surface area (Å²) in [4.78, 5) is 22.2. The molecule has 0 bridgehead atoms. The lowest BCUT2D eigenvalue weighted by atomic mass is 10.3. The van der Waals surface area contributed by atoms with E-state index >= 15 is 0 Å². The summed E-state index contributed by atoms with van der Waals surface area (Å²) in [6, 6.07) is 7.11. The van der Waals surface area contributed by atoms with Crippen LogP contribution in [0.4, 0.5) is 5.69 Å². The molecule has 1 amide bonds. The van der Waals surface area contributed by atoms with Gasteiger partial charge in [0, 0.05) is 9.26 Å².